The van der Waals surface area contributed by atoms with E-state index in [1.165, 1.54) is 0 Å². The molecule has 0 aliphatic rings. The first-order chi connectivity index (χ1) is 17.5. The van der Waals surface area contributed by atoms with Crippen molar-refractivity contribution in [2.24, 2.45) is 4.99 Å². The summed E-state index contributed by atoms with van der Waals surface area (Å²) in [6.45, 7) is 6.27. The van der Waals surface area contributed by atoms with Gasteiger partial charge in [-0.1, -0.05) is 37.3 Å². The summed E-state index contributed by atoms with van der Waals surface area (Å²) < 4.78 is 5.38. The number of carbonyl (C=O) groups excluding carboxylic acids is 1. The number of aliphatic imine (C=N–C) groups is 1. The molecule has 2 aromatic carbocycles. The van der Waals surface area contributed by atoms with Crippen LogP contribution in [0.2, 0.25) is 0 Å². The van der Waals surface area contributed by atoms with Gasteiger partial charge in [0.05, 0.1) is 13.0 Å². The number of H-pyrrole nitrogens is 1. The molecule has 2 heterocycles. The van der Waals surface area contributed by atoms with Crippen LogP contribution in [0.25, 0.3) is 10.9 Å². The minimum atomic E-state index is -0.292. The molecule has 0 fully saturated rings. The molecule has 0 aliphatic heterocycles. The smallest absolute Gasteiger partial charge is 0.234 e. The third-order valence-corrected chi connectivity index (χ3v) is 6.01. The van der Waals surface area contributed by atoms with Crippen LogP contribution in [0.5, 0.6) is 5.75 Å². The minimum absolute atomic E-state index is 0.129. The molecule has 0 aliphatic carbocycles. The Morgan fingerprint density at radius 1 is 1.08 bits per heavy atom. The number of ether oxygens (including phenoxy) is 1. The van der Waals surface area contributed by atoms with Crippen molar-refractivity contribution in [1.82, 2.24) is 20.3 Å². The third-order valence-electron chi connectivity index (χ3n) is 6.01. The first kappa shape index (κ1) is 24.9. The number of rotatable bonds is 8. The van der Waals surface area contributed by atoms with E-state index in [0.717, 1.165) is 39.2 Å². The van der Waals surface area contributed by atoms with Crippen LogP contribution in [0.3, 0.4) is 0 Å². The molecule has 0 saturated heterocycles. The average molecular weight is 485 g/mol. The van der Waals surface area contributed by atoms with Crippen molar-refractivity contribution in [3.8, 4) is 5.75 Å². The number of amides is 1. The molecule has 0 spiro atoms. The number of aromatic nitrogens is 3. The van der Waals surface area contributed by atoms with E-state index < -0.39 is 0 Å². The molecule has 1 amide bonds. The van der Waals surface area contributed by atoms with Gasteiger partial charge in [0.1, 0.15) is 5.75 Å². The molecule has 36 heavy (non-hydrogen) atoms. The second-order valence-electron chi connectivity index (χ2n) is 8.67. The molecule has 8 heteroatoms. The zero-order valence-electron chi connectivity index (χ0n) is 21.1. The number of aryl methyl sites for hydroxylation is 2. The highest BCUT2D eigenvalue weighted by molar-refractivity contribution is 6.05. The van der Waals surface area contributed by atoms with Crippen molar-refractivity contribution < 1.29 is 9.53 Å². The number of aromatic amines is 1. The molecule has 8 nitrogen and oxygen atoms in total. The van der Waals surface area contributed by atoms with E-state index in [0.29, 0.717) is 31.3 Å². The average Bonchev–Trinajstić information content (AvgIpc) is 3.26. The molecule has 0 bridgehead atoms. The molecule has 186 valence electrons. The predicted octanol–water partition coefficient (Wildman–Crippen LogP) is 4.90. The van der Waals surface area contributed by atoms with E-state index in [2.05, 4.69) is 25.6 Å². The van der Waals surface area contributed by atoms with Crippen LogP contribution in [-0.2, 0) is 11.2 Å². The second kappa shape index (κ2) is 11.5. The van der Waals surface area contributed by atoms with Crippen molar-refractivity contribution >= 4 is 28.7 Å². The highest BCUT2D eigenvalue weighted by Crippen LogP contribution is 2.24. The van der Waals surface area contributed by atoms with E-state index in [4.69, 9.17) is 9.73 Å². The highest BCUT2D eigenvalue weighted by Gasteiger charge is 2.20. The van der Waals surface area contributed by atoms with Gasteiger partial charge in [0.15, 0.2) is 0 Å². The number of hydrogen-bond acceptors (Lipinski definition) is 5. The summed E-state index contributed by atoms with van der Waals surface area (Å²) in [4.78, 5) is 30.1. The fourth-order valence-electron chi connectivity index (χ4n) is 4.24. The fraction of sp³-hybridized carbons (Fsp3) is 0.286. The normalized spacial score (nSPS) is 12.4. The summed E-state index contributed by atoms with van der Waals surface area (Å²) in [7, 11) is 1.66. The summed E-state index contributed by atoms with van der Waals surface area (Å²) in [5.74, 6) is 1.11. The van der Waals surface area contributed by atoms with Gasteiger partial charge in [0.25, 0.3) is 0 Å². The van der Waals surface area contributed by atoms with Crippen molar-refractivity contribution in [2.45, 2.75) is 39.5 Å². The van der Waals surface area contributed by atoms with Crippen LogP contribution in [-0.4, -0.2) is 40.5 Å². The van der Waals surface area contributed by atoms with Gasteiger partial charge in [0, 0.05) is 35.0 Å². The number of carbonyl (C=O) groups is 1. The molecule has 0 saturated carbocycles. The third kappa shape index (κ3) is 6.07. The van der Waals surface area contributed by atoms with Crippen molar-refractivity contribution in [2.75, 3.05) is 19.0 Å². The van der Waals surface area contributed by atoms with Gasteiger partial charge in [-0.25, -0.2) is 9.97 Å². The minimum Gasteiger partial charge on any atom is -0.497 e. The standard InChI is InChI=1S/C28H32N6O2/c1-5-23(20-9-7-6-8-10-20)26(35)33-27(34-28-31-18(2)15-19(3)32-28)29-14-13-21-17-30-25-12-11-22(36-4)16-24(21)25/h6-12,15-17,23,30H,5,13-14H2,1-4H3,(H2,29,31,32,33,34,35)/t23-/m1/s1. The van der Waals surface area contributed by atoms with Gasteiger partial charge in [-0.3, -0.25) is 20.4 Å². The number of benzene rings is 2. The van der Waals surface area contributed by atoms with Crippen molar-refractivity contribution in [1.29, 1.82) is 0 Å². The molecule has 0 unspecified atom stereocenters. The summed E-state index contributed by atoms with van der Waals surface area (Å²) in [5, 5.41) is 7.20. The Balaban J connectivity index is 1.56. The lowest BCUT2D eigenvalue weighted by Gasteiger charge is -2.17. The Labute approximate surface area is 211 Å². The van der Waals surface area contributed by atoms with Crippen LogP contribution >= 0.6 is 0 Å². The quantitative estimate of drug-likeness (QED) is 0.244. The van der Waals surface area contributed by atoms with Crippen LogP contribution < -0.4 is 15.4 Å². The first-order valence-corrected chi connectivity index (χ1v) is 12.1. The van der Waals surface area contributed by atoms with Crippen LogP contribution in [0.4, 0.5) is 5.95 Å². The summed E-state index contributed by atoms with van der Waals surface area (Å²) >= 11 is 0. The molecule has 4 aromatic rings. The number of fused-ring (bicyclic) bond motifs is 1. The topological polar surface area (TPSA) is 104 Å². The number of nitrogens with zero attached hydrogens (tertiary/aromatic N) is 3. The van der Waals surface area contributed by atoms with Crippen LogP contribution in [0.15, 0.2) is 65.8 Å². The molecule has 2 aromatic heterocycles. The Kier molecular flexibility index (Phi) is 7.95. The van der Waals surface area contributed by atoms with Crippen LogP contribution in [0.1, 0.15) is 41.8 Å². The Morgan fingerprint density at radius 3 is 2.53 bits per heavy atom. The fourth-order valence-corrected chi connectivity index (χ4v) is 4.24. The maximum atomic E-state index is 13.3. The summed E-state index contributed by atoms with van der Waals surface area (Å²) in [5.41, 5.74) is 4.79. The van der Waals surface area contributed by atoms with E-state index in [1.807, 2.05) is 81.6 Å². The van der Waals surface area contributed by atoms with Crippen molar-refractivity contribution in [3.63, 3.8) is 0 Å². The highest BCUT2D eigenvalue weighted by atomic mass is 16.5. The second-order valence-corrected chi connectivity index (χ2v) is 8.67. The largest absolute Gasteiger partial charge is 0.497 e. The van der Waals surface area contributed by atoms with Gasteiger partial charge < -0.3 is 9.72 Å². The number of methoxy groups -OCH3 is 1. The number of guanidine groups is 1. The van der Waals surface area contributed by atoms with E-state index in [1.54, 1.807) is 7.11 Å². The molecular weight excluding hydrogens is 452 g/mol. The molecule has 1 atom stereocenters. The lowest BCUT2D eigenvalue weighted by molar-refractivity contribution is -0.121. The zero-order chi connectivity index (χ0) is 25.5. The number of anilines is 1. The van der Waals surface area contributed by atoms with E-state index >= 15 is 0 Å². The lowest BCUT2D eigenvalue weighted by Crippen LogP contribution is -2.39. The van der Waals surface area contributed by atoms with Gasteiger partial charge in [-0.2, -0.15) is 0 Å². The Bertz CT molecular complexity index is 1340. The van der Waals surface area contributed by atoms with Gasteiger partial charge >= 0.3 is 0 Å². The van der Waals surface area contributed by atoms with Crippen molar-refractivity contribution in [3.05, 3.63) is 83.3 Å². The Morgan fingerprint density at radius 2 is 1.83 bits per heavy atom. The van der Waals surface area contributed by atoms with Gasteiger partial charge in [-0.15, -0.1) is 0 Å². The molecule has 4 rings (SSSR count). The molecule has 0 radical (unpaired) electrons. The summed E-state index contributed by atoms with van der Waals surface area (Å²) in [6, 6.07) is 17.6. The molecular formula is C28H32N6O2. The maximum Gasteiger partial charge on any atom is 0.234 e. The van der Waals surface area contributed by atoms with E-state index in [9.17, 15) is 4.79 Å². The number of nitrogens with one attached hydrogen (secondary N) is 3. The van der Waals surface area contributed by atoms with Gasteiger partial charge in [-0.05, 0) is 62.1 Å². The van der Waals surface area contributed by atoms with Crippen LogP contribution in [0, 0.1) is 13.8 Å². The SMILES string of the molecule is CC[C@@H](C(=O)NC(=NCCc1c[nH]c2ccc(OC)cc12)Nc1nc(C)cc(C)n1)c1ccccc1. The first-order valence-electron chi connectivity index (χ1n) is 12.1. The molecule has 3 N–H and O–H groups in total. The van der Waals surface area contributed by atoms with E-state index in [-0.39, 0.29) is 11.8 Å². The monoisotopic (exact) mass is 484 g/mol. The van der Waals surface area contributed by atoms with Gasteiger partial charge in [0.2, 0.25) is 17.8 Å². The number of hydrogen-bond donors (Lipinski definition) is 3. The lowest BCUT2D eigenvalue weighted by atomic mass is 9.96. The Hall–Kier alpha value is -4.20. The maximum absolute atomic E-state index is 13.3. The zero-order valence-corrected chi connectivity index (χ0v) is 21.1. The predicted molar refractivity (Wildman–Crippen MR) is 144 cm³/mol. The summed E-state index contributed by atoms with van der Waals surface area (Å²) in [6.07, 6.45) is 3.33.